The van der Waals surface area contributed by atoms with Gasteiger partial charge in [0, 0.05) is 11.8 Å². The predicted molar refractivity (Wildman–Crippen MR) is 47.6 cm³/mol. The van der Waals surface area contributed by atoms with Gasteiger partial charge in [-0.05, 0) is 6.08 Å². The Morgan fingerprint density at radius 1 is 1.29 bits per heavy atom. The van der Waals surface area contributed by atoms with Crippen LogP contribution in [-0.4, -0.2) is 52.2 Å². The van der Waals surface area contributed by atoms with Crippen LogP contribution in [0.3, 0.4) is 0 Å². The maximum absolute atomic E-state index is 10.4. The lowest BCUT2D eigenvalue weighted by Gasteiger charge is -2.10. The van der Waals surface area contributed by atoms with E-state index in [0.717, 1.165) is 6.08 Å². The Morgan fingerprint density at radius 2 is 1.86 bits per heavy atom. The summed E-state index contributed by atoms with van der Waals surface area (Å²) in [5.74, 6) is 0.603. The molecule has 0 aromatic carbocycles. The Kier molecular flexibility index (Phi) is 3.52. The summed E-state index contributed by atoms with van der Waals surface area (Å²) in [6, 6.07) is -1.04. The summed E-state index contributed by atoms with van der Waals surface area (Å²) in [6.45, 7) is 0. The highest BCUT2D eigenvalue weighted by Gasteiger charge is 2.38. The Labute approximate surface area is 81.8 Å². The summed E-state index contributed by atoms with van der Waals surface area (Å²) >= 11 is 0. The van der Waals surface area contributed by atoms with Crippen molar-refractivity contribution in [3.8, 4) is 0 Å². The molecule has 0 bridgehead atoms. The Bertz CT molecular complexity index is 275. The molecule has 0 aliphatic carbocycles. The lowest BCUT2D eigenvalue weighted by atomic mass is 9.93. The topological polar surface area (TPSA) is 107 Å². The van der Waals surface area contributed by atoms with Crippen molar-refractivity contribution in [2.24, 2.45) is 0 Å². The van der Waals surface area contributed by atoms with Gasteiger partial charge in [0.2, 0.25) is 0 Å². The smallest absolute Gasteiger partial charge is 0.348 e. The average Bonchev–Trinajstić information content (AvgIpc) is 2.28. The quantitative estimate of drug-likeness (QED) is 0.326. The van der Waals surface area contributed by atoms with E-state index < -0.39 is 31.9 Å². The first-order valence-electron chi connectivity index (χ1n) is 3.83. The molecule has 4 N–H and O–H groups in total. The van der Waals surface area contributed by atoms with Crippen LogP contribution in [-0.2, 0) is 9.30 Å². The first kappa shape index (κ1) is 11.9. The number of hydrogen-bond donors (Lipinski definition) is 4. The molecule has 0 saturated carbocycles. The Balaban J connectivity index is 2.64. The summed E-state index contributed by atoms with van der Waals surface area (Å²) in [7, 11) is 0.960. The van der Waals surface area contributed by atoms with Gasteiger partial charge in [0.1, 0.15) is 26.2 Å². The van der Waals surface area contributed by atoms with Gasteiger partial charge in [-0.15, -0.1) is 0 Å². The molecule has 1 aliphatic rings. The Hall–Kier alpha value is -0.165. The molecule has 1 fully saturated rings. The third-order valence-electron chi connectivity index (χ3n) is 1.81. The van der Waals surface area contributed by atoms with E-state index in [1.165, 1.54) is 0 Å². The second-order valence-corrected chi connectivity index (χ2v) is 4.45. The van der Waals surface area contributed by atoms with Crippen LogP contribution in [0.1, 0.15) is 0 Å². The first-order chi connectivity index (χ1) is 6.31. The maximum atomic E-state index is 10.4. The summed E-state index contributed by atoms with van der Waals surface area (Å²) in [5.41, 5.74) is 0. The highest BCUT2D eigenvalue weighted by molar-refractivity contribution is 7.55. The monoisotopic (exact) mass is 220 g/mol. The van der Waals surface area contributed by atoms with Crippen LogP contribution >= 0.6 is 7.60 Å². The number of aliphatic hydroxyl groups is 2. The minimum atomic E-state index is -4.28. The van der Waals surface area contributed by atoms with Crippen LogP contribution < -0.4 is 0 Å². The molecule has 1 aliphatic heterocycles. The third-order valence-corrected chi connectivity index (χ3v) is 2.37. The van der Waals surface area contributed by atoms with E-state index >= 15 is 0 Å². The van der Waals surface area contributed by atoms with Crippen molar-refractivity contribution < 1.29 is 29.3 Å². The van der Waals surface area contributed by atoms with Crippen LogP contribution in [0.5, 0.6) is 0 Å². The molecule has 8 heteroatoms. The van der Waals surface area contributed by atoms with Crippen LogP contribution in [0.4, 0.5) is 0 Å². The molecule has 0 aromatic heterocycles. The SMILES string of the molecule is [B][C@@H]1O[C@H](/C=C/P(=O)(O)O)C(O)C1O. The standard InChI is InChI=1S/C6H10BO6P/c7-6-5(9)4(8)3(13-6)1-2-14(10,11)12/h1-6,8-9H,(H2,10,11,12)/b2-1+/t3-,4?,5?,6-/m1/s1. The van der Waals surface area contributed by atoms with Crippen molar-refractivity contribution in [3.05, 3.63) is 11.9 Å². The van der Waals surface area contributed by atoms with Crippen molar-refractivity contribution in [2.45, 2.75) is 24.3 Å². The molecule has 0 amide bonds. The van der Waals surface area contributed by atoms with Crippen LogP contribution in [0.15, 0.2) is 11.9 Å². The lowest BCUT2D eigenvalue weighted by molar-refractivity contribution is 0.0413. The number of ether oxygens (including phenoxy) is 1. The van der Waals surface area contributed by atoms with Crippen molar-refractivity contribution >= 4 is 15.4 Å². The predicted octanol–water partition coefficient (Wildman–Crippen LogP) is -1.71. The normalized spacial score (nSPS) is 39.4. The van der Waals surface area contributed by atoms with Gasteiger partial charge in [-0.1, -0.05) is 0 Å². The fourth-order valence-corrected chi connectivity index (χ4v) is 1.48. The van der Waals surface area contributed by atoms with Gasteiger partial charge < -0.3 is 24.7 Å². The van der Waals surface area contributed by atoms with Gasteiger partial charge in [-0.3, -0.25) is 4.57 Å². The van der Waals surface area contributed by atoms with Crippen molar-refractivity contribution in [1.29, 1.82) is 0 Å². The van der Waals surface area contributed by atoms with Crippen molar-refractivity contribution in [3.63, 3.8) is 0 Å². The zero-order valence-electron chi connectivity index (χ0n) is 7.09. The van der Waals surface area contributed by atoms with Crippen LogP contribution in [0, 0.1) is 0 Å². The fraction of sp³-hybridized carbons (Fsp3) is 0.667. The molecule has 1 saturated heterocycles. The number of rotatable bonds is 2. The molecule has 0 aromatic rings. The molecule has 6 nitrogen and oxygen atoms in total. The molecular formula is C6H10BO6P. The van der Waals surface area contributed by atoms with Crippen LogP contribution in [0.25, 0.3) is 0 Å². The third kappa shape index (κ3) is 2.91. The van der Waals surface area contributed by atoms with E-state index in [1.54, 1.807) is 0 Å². The summed E-state index contributed by atoms with van der Waals surface area (Å²) in [6.07, 6.45) is -2.52. The lowest BCUT2D eigenvalue weighted by Crippen LogP contribution is -2.31. The fourth-order valence-electron chi connectivity index (χ4n) is 1.09. The van der Waals surface area contributed by atoms with Crippen molar-refractivity contribution in [1.82, 2.24) is 0 Å². The summed E-state index contributed by atoms with van der Waals surface area (Å²) < 4.78 is 15.3. The van der Waals surface area contributed by atoms with Crippen LogP contribution in [0.2, 0.25) is 0 Å². The molecule has 2 radical (unpaired) electrons. The van der Waals surface area contributed by atoms with Gasteiger partial charge in [0.25, 0.3) is 0 Å². The molecule has 78 valence electrons. The van der Waals surface area contributed by atoms with E-state index in [9.17, 15) is 9.67 Å². The van der Waals surface area contributed by atoms with Crippen molar-refractivity contribution in [2.75, 3.05) is 0 Å². The van der Waals surface area contributed by atoms with E-state index in [1.807, 2.05) is 0 Å². The zero-order valence-corrected chi connectivity index (χ0v) is 7.99. The summed E-state index contributed by atoms with van der Waals surface area (Å²) in [5, 5.41) is 18.4. The van der Waals surface area contributed by atoms with E-state index in [-0.39, 0.29) is 0 Å². The van der Waals surface area contributed by atoms with Gasteiger partial charge in [0.05, 0.1) is 0 Å². The largest absolute Gasteiger partial charge is 0.388 e. The second kappa shape index (κ2) is 4.14. The zero-order chi connectivity index (χ0) is 10.9. The molecule has 14 heavy (non-hydrogen) atoms. The van der Waals surface area contributed by atoms with E-state index in [2.05, 4.69) is 0 Å². The van der Waals surface area contributed by atoms with Gasteiger partial charge >= 0.3 is 7.60 Å². The highest BCUT2D eigenvalue weighted by Crippen LogP contribution is 2.37. The highest BCUT2D eigenvalue weighted by atomic mass is 31.2. The Morgan fingerprint density at radius 3 is 2.21 bits per heavy atom. The minimum absolute atomic E-state index is 0.603. The molecule has 1 rings (SSSR count). The number of aliphatic hydroxyl groups excluding tert-OH is 2. The second-order valence-electron chi connectivity index (χ2n) is 2.98. The molecular weight excluding hydrogens is 210 g/mol. The van der Waals surface area contributed by atoms with Gasteiger partial charge in [-0.2, -0.15) is 0 Å². The average molecular weight is 220 g/mol. The number of hydrogen-bond acceptors (Lipinski definition) is 4. The molecule has 1 heterocycles. The molecule has 4 atom stereocenters. The van der Waals surface area contributed by atoms with Gasteiger partial charge in [-0.25, -0.2) is 0 Å². The molecule has 0 spiro atoms. The minimum Gasteiger partial charge on any atom is -0.388 e. The summed E-state index contributed by atoms with van der Waals surface area (Å²) in [4.78, 5) is 17.0. The maximum Gasteiger partial charge on any atom is 0.348 e. The van der Waals surface area contributed by atoms with E-state index in [4.69, 9.17) is 27.5 Å². The van der Waals surface area contributed by atoms with Gasteiger partial charge in [0.15, 0.2) is 0 Å². The first-order valence-corrected chi connectivity index (χ1v) is 5.51. The molecule has 2 unspecified atom stereocenters. The van der Waals surface area contributed by atoms with E-state index in [0.29, 0.717) is 5.82 Å².